The lowest BCUT2D eigenvalue weighted by atomic mass is 9.88. The highest BCUT2D eigenvalue weighted by Gasteiger charge is 2.29. The zero-order valence-corrected chi connectivity index (χ0v) is 26.8. The summed E-state index contributed by atoms with van der Waals surface area (Å²) >= 11 is 0. The van der Waals surface area contributed by atoms with Crippen LogP contribution in [0.4, 0.5) is 16.2 Å². The molecule has 44 heavy (non-hydrogen) atoms. The Bertz CT molecular complexity index is 1320. The maximum atomic E-state index is 13.5. The molecule has 2 amide bonds. The molecule has 0 aliphatic carbocycles. The van der Waals surface area contributed by atoms with Crippen LogP contribution in [0.25, 0.3) is 0 Å². The zero-order valence-electron chi connectivity index (χ0n) is 26.8. The number of anilines is 1. The van der Waals surface area contributed by atoms with Crippen LogP contribution in [0, 0.1) is 11.8 Å². The first kappa shape index (κ1) is 36.2. The van der Waals surface area contributed by atoms with Gasteiger partial charge in [0.05, 0.1) is 5.69 Å². The lowest BCUT2D eigenvalue weighted by Crippen LogP contribution is -2.35. The number of hydrogen-bond donors (Lipinski definition) is 4. The average Bonchev–Trinajstić information content (AvgIpc) is 2.95. The zero-order chi connectivity index (χ0) is 33.1. The molecule has 0 unspecified atom stereocenters. The van der Waals surface area contributed by atoms with Gasteiger partial charge in [0.1, 0.15) is 29.4 Å². The third kappa shape index (κ3) is 10.0. The van der Waals surface area contributed by atoms with E-state index in [4.69, 9.17) is 19.9 Å². The summed E-state index contributed by atoms with van der Waals surface area (Å²) in [6, 6.07) is 1.25. The maximum absolute atomic E-state index is 13.5. The second kappa shape index (κ2) is 16.7. The summed E-state index contributed by atoms with van der Waals surface area (Å²) in [6.07, 6.45) is 4.92. The summed E-state index contributed by atoms with van der Waals surface area (Å²) in [6.45, 7) is 7.38. The van der Waals surface area contributed by atoms with Crippen LogP contribution in [-0.4, -0.2) is 92.3 Å². The first-order valence-corrected chi connectivity index (χ1v) is 14.3. The van der Waals surface area contributed by atoms with Gasteiger partial charge in [-0.3, -0.25) is 14.6 Å². The molecule has 1 aliphatic heterocycles. The van der Waals surface area contributed by atoms with E-state index in [1.165, 1.54) is 26.4 Å². The fourth-order valence-corrected chi connectivity index (χ4v) is 4.87. The van der Waals surface area contributed by atoms with Crippen LogP contribution in [-0.2, 0) is 30.2 Å². The van der Waals surface area contributed by atoms with Crippen molar-refractivity contribution < 1.29 is 38.8 Å². The molecule has 0 saturated carbocycles. The lowest BCUT2D eigenvalue weighted by molar-refractivity contribution is -0.132. The fourth-order valence-electron chi connectivity index (χ4n) is 4.87. The van der Waals surface area contributed by atoms with Crippen LogP contribution in [0.5, 0.6) is 11.5 Å². The Kier molecular flexibility index (Phi) is 13.8. The summed E-state index contributed by atoms with van der Waals surface area (Å²) in [7, 11) is 6.62. The predicted molar refractivity (Wildman–Crippen MR) is 169 cm³/mol. The van der Waals surface area contributed by atoms with Crippen LogP contribution >= 0.6 is 0 Å². The van der Waals surface area contributed by atoms with Crippen LogP contribution in [0.3, 0.4) is 0 Å². The Morgan fingerprint density at radius 1 is 1.18 bits per heavy atom. The van der Waals surface area contributed by atoms with E-state index in [9.17, 15) is 24.6 Å². The molecule has 1 aromatic rings. The van der Waals surface area contributed by atoms with E-state index in [0.29, 0.717) is 17.7 Å². The molecule has 1 aromatic carbocycles. The highest BCUT2D eigenvalue weighted by atomic mass is 16.6. The number of aromatic hydroxyl groups is 2. The molecule has 1 heterocycles. The average molecular weight is 615 g/mol. The molecule has 242 valence electrons. The van der Waals surface area contributed by atoms with Crippen molar-refractivity contribution in [1.29, 1.82) is 0 Å². The van der Waals surface area contributed by atoms with Gasteiger partial charge in [-0.1, -0.05) is 38.2 Å². The molecule has 0 aromatic heterocycles. The number of rotatable bonds is 6. The fraction of sp³-hybridized carbons (Fsp3) is 0.500. The standard InChI is InChI=1S/C32H46N4O8/c1-18-14-22-27(34-12-13-36(5)6)24(37)17-23(29(22)39)35-31(40)19(2)10-9-11-25(42-7)30(44-32(33)41)21(4)16-20(3)28(38)26(15-18)43-8/h9-12,16-18,20,25-26,30,37,39H,13-15H2,1-8H3,(H2,33,41)(H,35,40)/b11-9-,19-10+,21-16+,34-12?/t18-,20+,25+,26+,30+/m1/s1. The van der Waals surface area contributed by atoms with Gasteiger partial charge in [0.15, 0.2) is 11.9 Å². The largest absolute Gasteiger partial charge is 0.506 e. The van der Waals surface area contributed by atoms with Crippen molar-refractivity contribution in [1.82, 2.24) is 4.90 Å². The normalized spacial score (nSPS) is 27.3. The highest BCUT2D eigenvalue weighted by molar-refractivity contribution is 6.05. The minimum absolute atomic E-state index is 0.00779. The number of ketones is 1. The number of aliphatic imine (C=N–C) groups is 1. The van der Waals surface area contributed by atoms with Gasteiger partial charge >= 0.3 is 6.09 Å². The Hall–Kier alpha value is -4.00. The van der Waals surface area contributed by atoms with Gasteiger partial charge in [0.2, 0.25) is 0 Å². The summed E-state index contributed by atoms with van der Waals surface area (Å²) in [5.41, 5.74) is 6.66. The van der Waals surface area contributed by atoms with E-state index in [-0.39, 0.29) is 53.0 Å². The number of nitrogens with two attached hydrogens (primary N) is 1. The van der Waals surface area contributed by atoms with Gasteiger partial charge in [-0.15, -0.1) is 0 Å². The van der Waals surface area contributed by atoms with Gasteiger partial charge in [-0.05, 0) is 52.3 Å². The second-order valence-corrected chi connectivity index (χ2v) is 11.3. The Balaban J connectivity index is 2.69. The number of ether oxygens (including phenoxy) is 3. The smallest absolute Gasteiger partial charge is 0.405 e. The van der Waals surface area contributed by atoms with Crippen molar-refractivity contribution >= 4 is 35.4 Å². The van der Waals surface area contributed by atoms with E-state index < -0.39 is 36.2 Å². The number of hydrogen-bond acceptors (Lipinski definition) is 10. The van der Waals surface area contributed by atoms with Crippen LogP contribution in [0.15, 0.2) is 46.5 Å². The van der Waals surface area contributed by atoms with Gasteiger partial charge in [-0.2, -0.15) is 0 Å². The number of nitrogens with zero attached hydrogens (tertiary/aromatic N) is 2. The van der Waals surface area contributed by atoms with Gasteiger partial charge in [0.25, 0.3) is 5.91 Å². The van der Waals surface area contributed by atoms with E-state index in [1.807, 2.05) is 25.9 Å². The highest BCUT2D eigenvalue weighted by Crippen LogP contribution is 2.44. The molecule has 12 heteroatoms. The van der Waals surface area contributed by atoms with Crippen molar-refractivity contribution in [3.63, 3.8) is 0 Å². The number of benzene rings is 1. The molecule has 0 radical (unpaired) electrons. The van der Waals surface area contributed by atoms with Crippen LogP contribution in [0.1, 0.15) is 39.7 Å². The number of carbonyl (C=O) groups excluding carboxylic acids is 3. The van der Waals surface area contributed by atoms with Crippen molar-refractivity contribution in [2.75, 3.05) is 40.2 Å². The number of phenolic OH excluding ortho intramolecular Hbond substituents is 2. The quantitative estimate of drug-likeness (QED) is 0.160. The summed E-state index contributed by atoms with van der Waals surface area (Å²) in [5.74, 6) is -2.03. The SMILES string of the molecule is CO[C@H]1C[C@H](C)Cc2c(O)c(cc(O)c2N=CCN(C)C)NC(=O)/C(C)=C/C=C\[C@H](OC)[C@@H](OC(N)=O)/C(C)=C/[C@H](C)C1=O. The third-order valence-electron chi connectivity index (χ3n) is 7.27. The van der Waals surface area contributed by atoms with E-state index in [2.05, 4.69) is 10.3 Å². The molecule has 0 saturated heterocycles. The minimum atomic E-state index is -1.01. The van der Waals surface area contributed by atoms with Crippen molar-refractivity contribution in [2.24, 2.45) is 22.6 Å². The van der Waals surface area contributed by atoms with E-state index in [1.54, 1.807) is 45.2 Å². The number of carbonyl (C=O) groups is 3. The lowest BCUT2D eigenvalue weighted by Gasteiger charge is -2.25. The van der Waals surface area contributed by atoms with Gasteiger partial charge < -0.3 is 40.4 Å². The molecule has 12 nitrogen and oxygen atoms in total. The van der Waals surface area contributed by atoms with Crippen LogP contribution in [0.2, 0.25) is 0 Å². The predicted octanol–water partition coefficient (Wildman–Crippen LogP) is 4.03. The molecular formula is C32H46N4O8. The number of primary amides is 1. The molecular weight excluding hydrogens is 568 g/mol. The number of allylic oxidation sites excluding steroid dienone is 3. The second-order valence-electron chi connectivity index (χ2n) is 11.3. The molecule has 2 rings (SSSR count). The Morgan fingerprint density at radius 2 is 1.86 bits per heavy atom. The van der Waals surface area contributed by atoms with Gasteiger partial charge in [0, 0.05) is 50.1 Å². The molecule has 0 spiro atoms. The molecule has 5 N–H and O–H groups in total. The number of phenols is 2. The molecule has 2 bridgehead atoms. The van der Waals surface area contributed by atoms with Crippen LogP contribution < -0.4 is 11.1 Å². The summed E-state index contributed by atoms with van der Waals surface area (Å²) in [4.78, 5) is 44.6. The first-order chi connectivity index (χ1) is 20.7. The third-order valence-corrected chi connectivity index (χ3v) is 7.27. The van der Waals surface area contributed by atoms with Crippen molar-refractivity contribution in [2.45, 2.75) is 58.8 Å². The minimum Gasteiger partial charge on any atom is -0.506 e. The summed E-state index contributed by atoms with van der Waals surface area (Å²) < 4.78 is 16.5. The Morgan fingerprint density at radius 3 is 2.45 bits per heavy atom. The number of Topliss-reactive ketones (excluding diaryl/α,β-unsaturated/α-hetero) is 1. The monoisotopic (exact) mass is 614 g/mol. The number of fused-ring (bicyclic) bond motifs is 2. The molecule has 1 aliphatic rings. The van der Waals surface area contributed by atoms with Gasteiger partial charge in [-0.25, -0.2) is 4.79 Å². The number of amides is 2. The maximum Gasteiger partial charge on any atom is 0.405 e. The van der Waals surface area contributed by atoms with Crippen molar-refractivity contribution in [3.05, 3.63) is 47.1 Å². The molecule has 5 atom stereocenters. The number of methoxy groups -OCH3 is 2. The molecule has 0 fully saturated rings. The van der Waals surface area contributed by atoms with E-state index >= 15 is 0 Å². The Labute approximate surface area is 259 Å². The summed E-state index contributed by atoms with van der Waals surface area (Å²) in [5, 5.41) is 24.9. The van der Waals surface area contributed by atoms with E-state index in [0.717, 1.165) is 0 Å². The number of nitrogens with one attached hydrogen (secondary N) is 1. The topological polar surface area (TPSA) is 173 Å². The van der Waals surface area contributed by atoms with Crippen molar-refractivity contribution in [3.8, 4) is 11.5 Å². The first-order valence-electron chi connectivity index (χ1n) is 14.3.